The summed E-state index contributed by atoms with van der Waals surface area (Å²) in [5, 5.41) is 13.5. The van der Waals surface area contributed by atoms with E-state index in [9.17, 15) is 28.1 Å². The van der Waals surface area contributed by atoms with Gasteiger partial charge in [0.05, 0.1) is 4.92 Å². The second kappa shape index (κ2) is 7.46. The van der Waals surface area contributed by atoms with Crippen molar-refractivity contribution in [1.29, 1.82) is 0 Å². The molecular formula is C18H21N3O7S. The minimum absolute atomic E-state index is 0.480. The quantitative estimate of drug-likeness (QED) is 0.235. The van der Waals surface area contributed by atoms with E-state index in [2.05, 4.69) is 11.2 Å². The number of rotatable bonds is 6. The predicted octanol–water partition coefficient (Wildman–Crippen LogP) is 0.818. The molecule has 1 amide bonds. The summed E-state index contributed by atoms with van der Waals surface area (Å²) in [6.45, 7) is 5.84. The highest BCUT2D eigenvalue weighted by molar-refractivity contribution is 7.89. The maximum absolute atomic E-state index is 13.0. The fourth-order valence-corrected chi connectivity index (χ4v) is 4.87. The highest BCUT2D eigenvalue weighted by Crippen LogP contribution is 2.46. The summed E-state index contributed by atoms with van der Waals surface area (Å²) in [6.07, 6.45) is 5.44. The molecule has 0 spiro atoms. The van der Waals surface area contributed by atoms with Crippen LogP contribution < -0.4 is 5.32 Å². The minimum Gasteiger partial charge on any atom is -0.459 e. The smallest absolute Gasteiger partial charge is 0.325 e. The Bertz CT molecular complexity index is 1010. The Labute approximate surface area is 168 Å². The monoisotopic (exact) mass is 423 g/mol. The van der Waals surface area contributed by atoms with Gasteiger partial charge in [0.1, 0.15) is 23.7 Å². The number of amides is 1. The van der Waals surface area contributed by atoms with E-state index in [0.717, 1.165) is 12.1 Å². The number of hydrogen-bond acceptors (Lipinski definition) is 7. The molecule has 29 heavy (non-hydrogen) atoms. The second-order valence-corrected chi connectivity index (χ2v) is 9.31. The van der Waals surface area contributed by atoms with Crippen molar-refractivity contribution in [3.8, 4) is 12.3 Å². The van der Waals surface area contributed by atoms with Gasteiger partial charge in [0.25, 0.3) is 15.7 Å². The number of carbonyl (C=O) groups excluding carboxylic acids is 2. The van der Waals surface area contributed by atoms with Crippen LogP contribution in [0.2, 0.25) is 0 Å². The molecule has 0 saturated carbocycles. The number of nitrogens with zero attached hydrogens (tertiary/aromatic N) is 2. The van der Waals surface area contributed by atoms with Crippen molar-refractivity contribution in [2.24, 2.45) is 0 Å². The fourth-order valence-electron chi connectivity index (χ4n) is 2.82. The Morgan fingerprint density at radius 3 is 2.48 bits per heavy atom. The number of sulfonamides is 1. The van der Waals surface area contributed by atoms with E-state index >= 15 is 0 Å². The molecule has 1 N–H and O–H groups in total. The summed E-state index contributed by atoms with van der Waals surface area (Å²) in [5.74, 6) is 0.733. The number of para-hydroxylation sites is 1. The zero-order chi connectivity index (χ0) is 22.2. The summed E-state index contributed by atoms with van der Waals surface area (Å²) in [6, 6.07) is 3.44. The number of benzene rings is 1. The number of terminal acetylenes is 1. The van der Waals surface area contributed by atoms with Crippen LogP contribution in [0, 0.1) is 22.5 Å². The molecule has 0 aromatic heterocycles. The molecule has 1 unspecified atom stereocenters. The Morgan fingerprint density at radius 1 is 1.38 bits per heavy atom. The topological polar surface area (TPSA) is 136 Å². The zero-order valence-electron chi connectivity index (χ0n) is 16.3. The SMILES string of the molecule is C#C[C@@]1(C)[C@@H](C(=O)NCC(=O)OC(C)(C)C)N1S(=O)(=O)c1ccccc1[N+](=O)[O-]. The van der Waals surface area contributed by atoms with Crippen molar-refractivity contribution in [2.75, 3.05) is 6.54 Å². The van der Waals surface area contributed by atoms with E-state index in [-0.39, 0.29) is 0 Å². The van der Waals surface area contributed by atoms with Crippen LogP contribution in [0.5, 0.6) is 0 Å². The molecule has 2 rings (SSSR count). The number of esters is 1. The van der Waals surface area contributed by atoms with Crippen LogP contribution in [0.3, 0.4) is 0 Å². The van der Waals surface area contributed by atoms with Gasteiger partial charge in [-0.05, 0) is 33.8 Å². The maximum atomic E-state index is 13.0. The average molecular weight is 423 g/mol. The first kappa shape index (κ1) is 22.3. The molecule has 11 heteroatoms. The van der Waals surface area contributed by atoms with Crippen molar-refractivity contribution >= 4 is 27.6 Å². The lowest BCUT2D eigenvalue weighted by Crippen LogP contribution is -2.38. The van der Waals surface area contributed by atoms with Crippen LogP contribution in [0.4, 0.5) is 5.69 Å². The largest absolute Gasteiger partial charge is 0.459 e. The van der Waals surface area contributed by atoms with Gasteiger partial charge in [0, 0.05) is 6.07 Å². The number of carbonyl (C=O) groups is 2. The van der Waals surface area contributed by atoms with Gasteiger partial charge in [-0.25, -0.2) is 8.42 Å². The summed E-state index contributed by atoms with van der Waals surface area (Å²) in [7, 11) is -4.45. The van der Waals surface area contributed by atoms with Crippen LogP contribution in [0.15, 0.2) is 29.2 Å². The lowest BCUT2D eigenvalue weighted by atomic mass is 10.1. The third-order valence-corrected chi connectivity index (χ3v) is 6.13. The number of ether oxygens (including phenoxy) is 1. The van der Waals surface area contributed by atoms with Gasteiger partial charge in [0.15, 0.2) is 4.90 Å². The van der Waals surface area contributed by atoms with E-state index in [0.29, 0.717) is 4.31 Å². The number of nitro benzene ring substituents is 1. The molecule has 1 fully saturated rings. The highest BCUT2D eigenvalue weighted by Gasteiger charge is 2.69. The molecule has 1 aromatic carbocycles. The molecule has 1 aliphatic rings. The van der Waals surface area contributed by atoms with Crippen LogP contribution >= 0.6 is 0 Å². The molecule has 10 nitrogen and oxygen atoms in total. The predicted molar refractivity (Wildman–Crippen MR) is 102 cm³/mol. The van der Waals surface area contributed by atoms with Crippen LogP contribution in [-0.2, 0) is 24.3 Å². The van der Waals surface area contributed by atoms with Gasteiger partial charge in [-0.15, -0.1) is 6.42 Å². The molecule has 1 saturated heterocycles. The van der Waals surface area contributed by atoms with Gasteiger partial charge in [-0.2, -0.15) is 4.31 Å². The van der Waals surface area contributed by atoms with E-state index in [4.69, 9.17) is 11.2 Å². The van der Waals surface area contributed by atoms with Crippen molar-refractivity contribution in [3.05, 3.63) is 34.4 Å². The molecule has 1 aromatic rings. The Kier molecular flexibility index (Phi) is 5.74. The van der Waals surface area contributed by atoms with Gasteiger partial charge in [-0.1, -0.05) is 18.1 Å². The lowest BCUT2D eigenvalue weighted by molar-refractivity contribution is -0.387. The highest BCUT2D eigenvalue weighted by atomic mass is 32.2. The first-order valence-corrected chi connectivity index (χ1v) is 9.95. The van der Waals surface area contributed by atoms with E-state index in [1.807, 2.05) is 0 Å². The molecule has 156 valence electrons. The van der Waals surface area contributed by atoms with E-state index < -0.39 is 61.1 Å². The molecule has 0 bridgehead atoms. The Morgan fingerprint density at radius 2 is 1.97 bits per heavy atom. The minimum atomic E-state index is -4.45. The summed E-state index contributed by atoms with van der Waals surface area (Å²) < 4.78 is 31.8. The van der Waals surface area contributed by atoms with Gasteiger partial charge in [-0.3, -0.25) is 19.7 Å². The fraction of sp³-hybridized carbons (Fsp3) is 0.444. The molecule has 1 heterocycles. The second-order valence-electron chi connectivity index (χ2n) is 7.52. The molecule has 3 atom stereocenters. The zero-order valence-corrected chi connectivity index (χ0v) is 17.1. The number of hydrogen-bond donors (Lipinski definition) is 1. The van der Waals surface area contributed by atoms with Gasteiger partial charge >= 0.3 is 5.97 Å². The van der Waals surface area contributed by atoms with Crippen molar-refractivity contribution in [1.82, 2.24) is 9.62 Å². The average Bonchev–Trinajstić information content (AvgIpc) is 3.26. The normalized spacial score (nSPS) is 23.6. The summed E-state index contributed by atoms with van der Waals surface area (Å²) >= 11 is 0. The van der Waals surface area contributed by atoms with Crippen molar-refractivity contribution in [3.63, 3.8) is 0 Å². The summed E-state index contributed by atoms with van der Waals surface area (Å²) in [5.41, 5.74) is -2.91. The van der Waals surface area contributed by atoms with E-state index in [1.54, 1.807) is 20.8 Å². The van der Waals surface area contributed by atoms with Gasteiger partial charge in [0.2, 0.25) is 5.91 Å². The molecule has 0 radical (unpaired) electrons. The van der Waals surface area contributed by atoms with Crippen molar-refractivity contribution < 1.29 is 27.7 Å². The molecule has 0 aliphatic carbocycles. The van der Waals surface area contributed by atoms with Crippen LogP contribution in [0.25, 0.3) is 0 Å². The Hall–Kier alpha value is -2.97. The first-order valence-electron chi connectivity index (χ1n) is 8.51. The van der Waals surface area contributed by atoms with Crippen LogP contribution in [0.1, 0.15) is 27.7 Å². The van der Waals surface area contributed by atoms with Crippen LogP contribution in [-0.4, -0.2) is 53.2 Å². The van der Waals surface area contributed by atoms with Crippen molar-refractivity contribution in [2.45, 2.75) is 49.8 Å². The number of nitro groups is 1. The standard InChI is InChI=1S/C18H21N3O7S/c1-6-18(5)15(16(23)19-11-14(22)28-17(2,3)4)20(18)29(26,27)13-10-8-7-9-12(13)21(24)25/h1,7-10,15H,11H2,2-5H3,(H,19,23)/t15-,18+,20?/m1/s1. The van der Waals surface area contributed by atoms with Gasteiger partial charge < -0.3 is 10.1 Å². The molecule has 1 aliphatic heterocycles. The third kappa shape index (κ3) is 4.38. The summed E-state index contributed by atoms with van der Waals surface area (Å²) in [4.78, 5) is 34.1. The third-order valence-electron chi connectivity index (χ3n) is 4.12. The maximum Gasteiger partial charge on any atom is 0.325 e. The Balaban J connectivity index is 2.26. The van der Waals surface area contributed by atoms with E-state index in [1.165, 1.54) is 19.1 Å². The molecular weight excluding hydrogens is 402 g/mol. The lowest BCUT2D eigenvalue weighted by Gasteiger charge is -2.19. The number of nitrogens with one attached hydrogen (secondary N) is 1. The first-order chi connectivity index (χ1) is 13.3.